The van der Waals surface area contributed by atoms with Crippen molar-refractivity contribution in [3.63, 3.8) is 0 Å². The zero-order valence-corrected chi connectivity index (χ0v) is 15.8. The predicted molar refractivity (Wildman–Crippen MR) is 99.6 cm³/mol. The highest BCUT2D eigenvalue weighted by atomic mass is 16.5. The van der Waals surface area contributed by atoms with Crippen LogP contribution in [0.4, 0.5) is 0 Å². The van der Waals surface area contributed by atoms with Crippen molar-refractivity contribution in [3.8, 4) is 5.75 Å². The van der Waals surface area contributed by atoms with Gasteiger partial charge in [-0.2, -0.15) is 4.98 Å². The summed E-state index contributed by atoms with van der Waals surface area (Å²) in [6, 6.07) is 7.14. The van der Waals surface area contributed by atoms with Crippen molar-refractivity contribution < 1.29 is 18.8 Å². The summed E-state index contributed by atoms with van der Waals surface area (Å²) >= 11 is 0. The van der Waals surface area contributed by atoms with Crippen LogP contribution in [0.3, 0.4) is 0 Å². The molecule has 1 amide bonds. The Labute approximate surface area is 159 Å². The van der Waals surface area contributed by atoms with Crippen LogP contribution >= 0.6 is 0 Å². The summed E-state index contributed by atoms with van der Waals surface area (Å²) in [5.41, 5.74) is 0.492. The first kappa shape index (κ1) is 19.4. The molecule has 146 valence electrons. The van der Waals surface area contributed by atoms with Crippen LogP contribution in [0.2, 0.25) is 0 Å². The third-order valence-corrected chi connectivity index (χ3v) is 4.57. The Kier molecular flexibility index (Phi) is 7.21. The lowest BCUT2D eigenvalue weighted by Crippen LogP contribution is -2.26. The molecule has 1 aliphatic rings. The summed E-state index contributed by atoms with van der Waals surface area (Å²) < 4.78 is 16.5. The van der Waals surface area contributed by atoms with Crippen molar-refractivity contribution in [1.82, 2.24) is 15.5 Å². The summed E-state index contributed by atoms with van der Waals surface area (Å²) in [5.74, 6) is 1.26. The minimum atomic E-state index is -0.160. The lowest BCUT2D eigenvalue weighted by molar-refractivity contribution is 0.0273. The SMILES string of the molecule is Cc1nc(COc2ccccc2C(=O)NCCCOC2CCCCC2)no1. The molecule has 1 N–H and O–H groups in total. The summed E-state index contributed by atoms with van der Waals surface area (Å²) in [7, 11) is 0. The molecular weight excluding hydrogens is 346 g/mol. The summed E-state index contributed by atoms with van der Waals surface area (Å²) in [5, 5.41) is 6.72. The van der Waals surface area contributed by atoms with Crippen molar-refractivity contribution in [1.29, 1.82) is 0 Å². The Bertz CT molecular complexity index is 726. The number of hydrogen-bond donors (Lipinski definition) is 1. The number of para-hydroxylation sites is 1. The van der Waals surface area contributed by atoms with Crippen LogP contribution in [-0.4, -0.2) is 35.3 Å². The van der Waals surface area contributed by atoms with Crippen molar-refractivity contribution in [3.05, 3.63) is 41.5 Å². The number of benzene rings is 1. The number of carbonyl (C=O) groups excluding carboxylic acids is 1. The molecule has 0 saturated heterocycles. The molecule has 0 aliphatic heterocycles. The van der Waals surface area contributed by atoms with Gasteiger partial charge in [0.25, 0.3) is 5.91 Å². The van der Waals surface area contributed by atoms with E-state index in [-0.39, 0.29) is 12.5 Å². The Morgan fingerprint density at radius 1 is 1.26 bits per heavy atom. The second-order valence-electron chi connectivity index (χ2n) is 6.75. The highest BCUT2D eigenvalue weighted by molar-refractivity contribution is 5.96. The van der Waals surface area contributed by atoms with E-state index in [2.05, 4.69) is 15.5 Å². The van der Waals surface area contributed by atoms with Gasteiger partial charge in [0.2, 0.25) is 11.7 Å². The van der Waals surface area contributed by atoms with Crippen LogP contribution in [-0.2, 0) is 11.3 Å². The fraction of sp³-hybridized carbons (Fsp3) is 0.550. The lowest BCUT2D eigenvalue weighted by atomic mass is 9.98. The highest BCUT2D eigenvalue weighted by Crippen LogP contribution is 2.20. The molecule has 1 heterocycles. The molecule has 27 heavy (non-hydrogen) atoms. The van der Waals surface area contributed by atoms with E-state index in [1.54, 1.807) is 19.1 Å². The average Bonchev–Trinajstić information content (AvgIpc) is 3.12. The molecule has 2 aromatic rings. The lowest BCUT2D eigenvalue weighted by Gasteiger charge is -2.21. The average molecular weight is 373 g/mol. The number of aromatic nitrogens is 2. The molecule has 0 radical (unpaired) electrons. The molecule has 1 aromatic heterocycles. The van der Waals surface area contributed by atoms with Gasteiger partial charge < -0.3 is 19.3 Å². The largest absolute Gasteiger partial charge is 0.485 e. The smallest absolute Gasteiger partial charge is 0.255 e. The molecule has 0 spiro atoms. The molecule has 7 heteroatoms. The first-order chi connectivity index (χ1) is 13.2. The number of aryl methyl sites for hydroxylation is 1. The quantitative estimate of drug-likeness (QED) is 0.678. The number of nitrogens with zero attached hydrogens (tertiary/aromatic N) is 2. The fourth-order valence-corrected chi connectivity index (χ4v) is 3.17. The normalized spacial score (nSPS) is 14.9. The van der Waals surface area contributed by atoms with E-state index in [0.29, 0.717) is 42.3 Å². The van der Waals surface area contributed by atoms with Gasteiger partial charge in [-0.3, -0.25) is 4.79 Å². The zero-order valence-electron chi connectivity index (χ0n) is 15.8. The van der Waals surface area contributed by atoms with E-state index in [4.69, 9.17) is 14.0 Å². The monoisotopic (exact) mass is 373 g/mol. The number of ether oxygens (including phenoxy) is 2. The fourth-order valence-electron chi connectivity index (χ4n) is 3.17. The van der Waals surface area contributed by atoms with Gasteiger partial charge in [0, 0.05) is 20.1 Å². The second-order valence-corrected chi connectivity index (χ2v) is 6.75. The van der Waals surface area contributed by atoms with Gasteiger partial charge in [-0.15, -0.1) is 0 Å². The highest BCUT2D eigenvalue weighted by Gasteiger charge is 2.14. The third-order valence-electron chi connectivity index (χ3n) is 4.57. The van der Waals surface area contributed by atoms with Crippen molar-refractivity contribution in [2.45, 2.75) is 58.2 Å². The second kappa shape index (κ2) is 10.1. The summed E-state index contributed by atoms with van der Waals surface area (Å²) in [4.78, 5) is 16.6. The van der Waals surface area contributed by atoms with Gasteiger partial charge in [-0.1, -0.05) is 36.6 Å². The molecule has 3 rings (SSSR count). The number of amides is 1. The van der Waals surface area contributed by atoms with Gasteiger partial charge in [0.15, 0.2) is 6.61 Å². The summed E-state index contributed by atoms with van der Waals surface area (Å²) in [6.45, 7) is 3.12. The van der Waals surface area contributed by atoms with Crippen LogP contribution in [0.1, 0.15) is 60.6 Å². The Hall–Kier alpha value is -2.41. The maximum absolute atomic E-state index is 12.5. The van der Waals surface area contributed by atoms with E-state index in [9.17, 15) is 4.79 Å². The maximum Gasteiger partial charge on any atom is 0.255 e. The molecule has 1 fully saturated rings. The first-order valence-corrected chi connectivity index (χ1v) is 9.63. The molecule has 7 nitrogen and oxygen atoms in total. The van der Waals surface area contributed by atoms with Gasteiger partial charge in [0.1, 0.15) is 5.75 Å². The van der Waals surface area contributed by atoms with E-state index in [1.165, 1.54) is 19.3 Å². The molecule has 0 atom stereocenters. The van der Waals surface area contributed by atoms with Crippen LogP contribution in [0, 0.1) is 6.92 Å². The zero-order chi connectivity index (χ0) is 18.9. The van der Waals surface area contributed by atoms with Crippen LogP contribution < -0.4 is 10.1 Å². The minimum absolute atomic E-state index is 0.150. The number of carbonyl (C=O) groups is 1. The number of hydrogen-bond acceptors (Lipinski definition) is 6. The van der Waals surface area contributed by atoms with E-state index in [1.807, 2.05) is 12.1 Å². The molecule has 0 bridgehead atoms. The van der Waals surface area contributed by atoms with Gasteiger partial charge >= 0.3 is 0 Å². The molecule has 1 aliphatic carbocycles. The van der Waals surface area contributed by atoms with Crippen LogP contribution in [0.25, 0.3) is 0 Å². The van der Waals surface area contributed by atoms with Crippen LogP contribution in [0.15, 0.2) is 28.8 Å². The molecular formula is C20H27N3O4. The predicted octanol–water partition coefficient (Wildman–Crippen LogP) is 3.43. The standard InChI is InChI=1S/C20H27N3O4/c1-15-22-19(23-27-15)14-26-18-11-6-5-10-17(18)20(24)21-12-7-13-25-16-8-3-2-4-9-16/h5-6,10-11,16H,2-4,7-9,12-14H2,1H3,(H,21,24). The Morgan fingerprint density at radius 3 is 2.85 bits per heavy atom. The van der Waals surface area contributed by atoms with E-state index in [0.717, 1.165) is 19.3 Å². The van der Waals surface area contributed by atoms with E-state index < -0.39 is 0 Å². The molecule has 0 unspecified atom stereocenters. The van der Waals surface area contributed by atoms with Gasteiger partial charge in [0.05, 0.1) is 11.7 Å². The topological polar surface area (TPSA) is 86.5 Å². The number of rotatable bonds is 9. The minimum Gasteiger partial charge on any atom is -0.485 e. The molecule has 1 saturated carbocycles. The Balaban J connectivity index is 1.42. The van der Waals surface area contributed by atoms with Gasteiger partial charge in [-0.05, 0) is 31.4 Å². The molecule has 1 aromatic carbocycles. The van der Waals surface area contributed by atoms with Crippen LogP contribution in [0.5, 0.6) is 5.75 Å². The van der Waals surface area contributed by atoms with E-state index >= 15 is 0 Å². The maximum atomic E-state index is 12.5. The summed E-state index contributed by atoms with van der Waals surface area (Å²) in [6.07, 6.45) is 7.38. The van der Waals surface area contributed by atoms with Gasteiger partial charge in [-0.25, -0.2) is 0 Å². The van der Waals surface area contributed by atoms with Crippen molar-refractivity contribution in [2.24, 2.45) is 0 Å². The number of nitrogens with one attached hydrogen (secondary N) is 1. The Morgan fingerprint density at radius 2 is 2.07 bits per heavy atom. The third kappa shape index (κ3) is 6.06. The van der Waals surface area contributed by atoms with Crippen molar-refractivity contribution >= 4 is 5.91 Å². The first-order valence-electron chi connectivity index (χ1n) is 9.63. The van der Waals surface area contributed by atoms with Crippen molar-refractivity contribution in [2.75, 3.05) is 13.2 Å².